The standard InChI is InChI=1S/C34H40N8O4/c1-24-35-33-27(23-25-11-4-2-5-12-25)36-34(45)28-15-8-9-20-41(28)31(44)16-10-19-40(21-22-42(33)38-24)30(43)18-17-29-37-32(39-46-29)26-13-6-3-7-14-26/h2-7,11-14,27-28H,8-10,15-23H2,1H3,(H,36,45)/t27-,28+/m1/s1. The van der Waals surface area contributed by atoms with E-state index in [0.29, 0.717) is 75.2 Å². The quantitative estimate of drug-likeness (QED) is 0.343. The van der Waals surface area contributed by atoms with Gasteiger partial charge in [-0.05, 0) is 44.6 Å². The van der Waals surface area contributed by atoms with Gasteiger partial charge in [0.2, 0.25) is 29.4 Å². The number of nitrogens with one attached hydrogen (secondary N) is 1. The number of amides is 3. The zero-order valence-corrected chi connectivity index (χ0v) is 26.2. The van der Waals surface area contributed by atoms with Crippen LogP contribution in [-0.2, 0) is 33.8 Å². The Labute approximate surface area is 268 Å². The topological polar surface area (TPSA) is 139 Å². The van der Waals surface area contributed by atoms with E-state index in [1.54, 1.807) is 9.80 Å². The first-order valence-electron chi connectivity index (χ1n) is 16.2. The van der Waals surface area contributed by atoms with Gasteiger partial charge >= 0.3 is 0 Å². The summed E-state index contributed by atoms with van der Waals surface area (Å²) in [5.74, 6) is 1.82. The molecule has 0 aliphatic carbocycles. The smallest absolute Gasteiger partial charge is 0.243 e. The Morgan fingerprint density at radius 3 is 2.52 bits per heavy atom. The summed E-state index contributed by atoms with van der Waals surface area (Å²) in [6, 6.07) is 18.5. The average molecular weight is 625 g/mol. The van der Waals surface area contributed by atoms with Crippen LogP contribution in [-0.4, -0.2) is 78.1 Å². The predicted octanol–water partition coefficient (Wildman–Crippen LogP) is 3.67. The second kappa shape index (κ2) is 14.5. The van der Waals surface area contributed by atoms with Crippen LogP contribution in [0, 0.1) is 6.92 Å². The summed E-state index contributed by atoms with van der Waals surface area (Å²) in [4.78, 5) is 53.5. The van der Waals surface area contributed by atoms with Crippen LogP contribution in [0.5, 0.6) is 0 Å². The molecule has 240 valence electrons. The molecular formula is C34H40N8O4. The summed E-state index contributed by atoms with van der Waals surface area (Å²) in [6.45, 7) is 3.55. The van der Waals surface area contributed by atoms with Crippen LogP contribution in [0.1, 0.15) is 67.7 Å². The number of rotatable bonds is 6. The third-order valence-electron chi connectivity index (χ3n) is 8.65. The third kappa shape index (κ3) is 7.49. The van der Waals surface area contributed by atoms with Crippen LogP contribution in [0.15, 0.2) is 65.2 Å². The molecular weight excluding hydrogens is 584 g/mol. The molecule has 2 atom stereocenters. The molecule has 0 saturated carbocycles. The van der Waals surface area contributed by atoms with Crippen LogP contribution in [0.25, 0.3) is 11.4 Å². The Bertz CT molecular complexity index is 1640. The van der Waals surface area contributed by atoms with Gasteiger partial charge in [-0.1, -0.05) is 65.8 Å². The average Bonchev–Trinajstić information content (AvgIpc) is 3.71. The van der Waals surface area contributed by atoms with Gasteiger partial charge < -0.3 is 19.6 Å². The van der Waals surface area contributed by atoms with E-state index < -0.39 is 12.1 Å². The van der Waals surface area contributed by atoms with Gasteiger partial charge in [0.05, 0.1) is 12.6 Å². The van der Waals surface area contributed by atoms with Gasteiger partial charge in [-0.25, -0.2) is 9.67 Å². The van der Waals surface area contributed by atoms with Crippen LogP contribution in [0.4, 0.5) is 0 Å². The Kier molecular flexibility index (Phi) is 9.80. The van der Waals surface area contributed by atoms with E-state index in [1.807, 2.05) is 72.3 Å². The van der Waals surface area contributed by atoms with Gasteiger partial charge in [0.15, 0.2) is 0 Å². The fourth-order valence-electron chi connectivity index (χ4n) is 6.30. The Hall–Kier alpha value is -4.87. The van der Waals surface area contributed by atoms with Gasteiger partial charge in [0.25, 0.3) is 0 Å². The van der Waals surface area contributed by atoms with Gasteiger partial charge in [-0.2, -0.15) is 10.1 Å². The lowest BCUT2D eigenvalue weighted by Gasteiger charge is -2.36. The van der Waals surface area contributed by atoms with Gasteiger partial charge in [-0.3, -0.25) is 14.4 Å². The van der Waals surface area contributed by atoms with Crippen molar-refractivity contribution in [3.8, 4) is 11.4 Å². The van der Waals surface area contributed by atoms with E-state index in [9.17, 15) is 14.4 Å². The molecule has 0 unspecified atom stereocenters. The highest BCUT2D eigenvalue weighted by Gasteiger charge is 2.34. The van der Waals surface area contributed by atoms with E-state index in [1.165, 1.54) is 0 Å². The Morgan fingerprint density at radius 1 is 0.935 bits per heavy atom. The Balaban J connectivity index is 1.23. The summed E-state index contributed by atoms with van der Waals surface area (Å²) >= 11 is 0. The molecule has 1 saturated heterocycles. The van der Waals surface area contributed by atoms with Crippen molar-refractivity contribution in [1.29, 1.82) is 0 Å². The first-order valence-corrected chi connectivity index (χ1v) is 16.2. The molecule has 12 heteroatoms. The molecule has 0 bridgehead atoms. The van der Waals surface area contributed by atoms with E-state index >= 15 is 0 Å². The molecule has 0 radical (unpaired) electrons. The number of nitrogens with zero attached hydrogens (tertiary/aromatic N) is 7. The van der Waals surface area contributed by atoms with E-state index in [0.717, 1.165) is 24.0 Å². The molecule has 3 amide bonds. The van der Waals surface area contributed by atoms with E-state index in [2.05, 4.69) is 20.6 Å². The predicted molar refractivity (Wildman–Crippen MR) is 169 cm³/mol. The highest BCUT2D eigenvalue weighted by atomic mass is 16.5. The SMILES string of the molecule is Cc1nc2n(n1)CCN(C(=O)CCc1nc(-c3ccccc3)no1)CCCC(=O)N1CCCC[C@H]1C(=O)N[C@@H]2Cc1ccccc1. The Morgan fingerprint density at radius 2 is 1.72 bits per heavy atom. The first kappa shape index (κ1) is 31.1. The number of aryl methyl sites for hydroxylation is 2. The van der Waals surface area contributed by atoms with Crippen LogP contribution < -0.4 is 5.32 Å². The van der Waals surface area contributed by atoms with Gasteiger partial charge in [0.1, 0.15) is 17.7 Å². The molecule has 46 heavy (non-hydrogen) atoms. The highest BCUT2D eigenvalue weighted by molar-refractivity contribution is 5.88. The summed E-state index contributed by atoms with van der Waals surface area (Å²) in [7, 11) is 0. The largest absolute Gasteiger partial charge is 0.344 e. The van der Waals surface area contributed by atoms with Crippen molar-refractivity contribution in [2.75, 3.05) is 19.6 Å². The number of aromatic nitrogens is 5. The molecule has 2 aromatic carbocycles. The zero-order valence-electron chi connectivity index (χ0n) is 26.2. The normalized spacial score (nSPS) is 19.6. The van der Waals surface area contributed by atoms with Gasteiger partial charge in [-0.15, -0.1) is 0 Å². The maximum atomic E-state index is 13.8. The summed E-state index contributed by atoms with van der Waals surface area (Å²) in [5.41, 5.74) is 1.89. The molecule has 2 aliphatic rings. The van der Waals surface area contributed by atoms with Gasteiger partial charge in [0, 0.05) is 44.5 Å². The van der Waals surface area contributed by atoms with Crippen molar-refractivity contribution >= 4 is 17.7 Å². The molecule has 12 nitrogen and oxygen atoms in total. The third-order valence-corrected chi connectivity index (χ3v) is 8.65. The number of carbonyl (C=O) groups excluding carboxylic acids is 3. The van der Waals surface area contributed by atoms with Crippen molar-refractivity contribution in [3.63, 3.8) is 0 Å². The monoisotopic (exact) mass is 624 g/mol. The second-order valence-corrected chi connectivity index (χ2v) is 12.0. The number of hydrogen-bond donors (Lipinski definition) is 1. The number of carbonyl (C=O) groups is 3. The molecule has 4 aromatic rings. The van der Waals surface area contributed by atoms with Crippen LogP contribution >= 0.6 is 0 Å². The highest BCUT2D eigenvalue weighted by Crippen LogP contribution is 2.23. The molecule has 0 spiro atoms. The number of benzene rings is 2. The molecule has 4 heterocycles. The van der Waals surface area contributed by atoms with E-state index in [-0.39, 0.29) is 30.6 Å². The molecule has 2 aliphatic heterocycles. The summed E-state index contributed by atoms with van der Waals surface area (Å²) in [6.07, 6.45) is 4.14. The molecule has 6 rings (SSSR count). The van der Waals surface area contributed by atoms with Crippen molar-refractivity contribution in [2.24, 2.45) is 0 Å². The molecule has 2 aromatic heterocycles. The van der Waals surface area contributed by atoms with Crippen molar-refractivity contribution in [1.82, 2.24) is 40.0 Å². The second-order valence-electron chi connectivity index (χ2n) is 12.0. The fraction of sp³-hybridized carbons (Fsp3) is 0.441. The first-order chi connectivity index (χ1) is 22.4. The number of hydrogen-bond acceptors (Lipinski definition) is 8. The number of piperidine rings is 1. The summed E-state index contributed by atoms with van der Waals surface area (Å²) in [5, 5.41) is 12.0. The zero-order chi connectivity index (χ0) is 31.9. The van der Waals surface area contributed by atoms with Crippen LogP contribution in [0.3, 0.4) is 0 Å². The summed E-state index contributed by atoms with van der Waals surface area (Å²) < 4.78 is 7.25. The van der Waals surface area contributed by atoms with E-state index in [4.69, 9.17) is 9.51 Å². The number of fused-ring (bicyclic) bond motifs is 2. The fourth-order valence-corrected chi connectivity index (χ4v) is 6.30. The maximum absolute atomic E-state index is 13.8. The minimum Gasteiger partial charge on any atom is -0.344 e. The lowest BCUT2D eigenvalue weighted by Crippen LogP contribution is -2.53. The lowest BCUT2D eigenvalue weighted by atomic mass is 9.99. The van der Waals surface area contributed by atoms with Crippen molar-refractivity contribution < 1.29 is 18.9 Å². The minimum absolute atomic E-state index is 0.0535. The van der Waals surface area contributed by atoms with Crippen molar-refractivity contribution in [2.45, 2.75) is 76.9 Å². The molecule has 1 fully saturated rings. The molecule has 1 N–H and O–H groups in total. The van der Waals surface area contributed by atoms with Crippen molar-refractivity contribution in [3.05, 3.63) is 83.8 Å². The lowest BCUT2D eigenvalue weighted by molar-refractivity contribution is -0.143. The maximum Gasteiger partial charge on any atom is 0.243 e. The minimum atomic E-state index is -0.534. The van der Waals surface area contributed by atoms with Crippen LogP contribution in [0.2, 0.25) is 0 Å².